The fourth-order valence-corrected chi connectivity index (χ4v) is 0.929. The molecule has 0 spiro atoms. The van der Waals surface area contributed by atoms with Gasteiger partial charge in [0.15, 0.2) is 0 Å². The summed E-state index contributed by atoms with van der Waals surface area (Å²) in [5, 5.41) is 8.28. The second-order valence-corrected chi connectivity index (χ2v) is 2.67. The van der Waals surface area contributed by atoms with E-state index >= 15 is 0 Å². The van der Waals surface area contributed by atoms with Gasteiger partial charge in [0.1, 0.15) is 0 Å². The molecule has 0 aliphatic carbocycles. The number of rotatable bonds is 5. The van der Waals surface area contributed by atoms with Crippen LogP contribution in [0.15, 0.2) is 0 Å². The zero-order valence-electron chi connectivity index (χ0n) is 6.44. The summed E-state index contributed by atoms with van der Waals surface area (Å²) < 4.78 is 0. The highest BCUT2D eigenvalue weighted by atomic mass is 35.5. The van der Waals surface area contributed by atoms with Crippen molar-refractivity contribution in [2.75, 3.05) is 26.0 Å². The molecule has 68 valence electrons. The minimum atomic E-state index is -0.742. The van der Waals surface area contributed by atoms with Crippen LogP contribution in [0.5, 0.6) is 0 Å². The molecule has 0 aliphatic heterocycles. The van der Waals surface area contributed by atoms with Crippen molar-refractivity contribution < 1.29 is 27.2 Å². The molecule has 0 fully saturated rings. The molecule has 1 atom stereocenters. The summed E-state index contributed by atoms with van der Waals surface area (Å²) in [5.41, 5.74) is 0. The first-order valence-electron chi connectivity index (χ1n) is 3.26. The SMILES string of the molecule is C[NH+](CCCl)CCC(=O)O.[Cl-]. The summed E-state index contributed by atoms with van der Waals surface area (Å²) in [6.45, 7) is 1.48. The molecule has 2 N–H and O–H groups in total. The first kappa shape index (κ1) is 13.6. The van der Waals surface area contributed by atoms with Crippen molar-refractivity contribution in [1.82, 2.24) is 0 Å². The van der Waals surface area contributed by atoms with Crippen molar-refractivity contribution in [2.24, 2.45) is 0 Å². The fraction of sp³-hybridized carbons (Fsp3) is 0.833. The Morgan fingerprint density at radius 3 is 2.45 bits per heavy atom. The molecule has 0 rings (SSSR count). The van der Waals surface area contributed by atoms with Crippen LogP contribution >= 0.6 is 11.6 Å². The van der Waals surface area contributed by atoms with E-state index in [-0.39, 0.29) is 18.8 Å². The lowest BCUT2D eigenvalue weighted by Gasteiger charge is -2.09. The van der Waals surface area contributed by atoms with Crippen LogP contribution in [0.3, 0.4) is 0 Å². The third-order valence-corrected chi connectivity index (χ3v) is 1.48. The van der Waals surface area contributed by atoms with E-state index in [1.54, 1.807) is 0 Å². The van der Waals surface area contributed by atoms with E-state index in [1.807, 2.05) is 7.05 Å². The Morgan fingerprint density at radius 1 is 1.55 bits per heavy atom. The van der Waals surface area contributed by atoms with Crippen molar-refractivity contribution >= 4 is 17.6 Å². The summed E-state index contributed by atoms with van der Waals surface area (Å²) in [4.78, 5) is 11.2. The predicted octanol–water partition coefficient (Wildman–Crippen LogP) is -3.78. The second-order valence-electron chi connectivity index (χ2n) is 2.29. The molecule has 1 unspecified atom stereocenters. The van der Waals surface area contributed by atoms with Crippen molar-refractivity contribution in [3.63, 3.8) is 0 Å². The zero-order chi connectivity index (χ0) is 7.98. The molecule has 0 saturated carbocycles. The molecule has 0 radical (unpaired) electrons. The molecular formula is C6H13Cl2NO2. The molecule has 0 aliphatic rings. The van der Waals surface area contributed by atoms with Crippen molar-refractivity contribution in [1.29, 1.82) is 0 Å². The van der Waals surface area contributed by atoms with Gasteiger partial charge in [0.25, 0.3) is 0 Å². The van der Waals surface area contributed by atoms with Gasteiger partial charge in [0.2, 0.25) is 0 Å². The third kappa shape index (κ3) is 10.0. The van der Waals surface area contributed by atoms with Gasteiger partial charge in [-0.05, 0) is 0 Å². The molecule has 5 heteroatoms. The van der Waals surface area contributed by atoms with E-state index in [0.29, 0.717) is 12.4 Å². The van der Waals surface area contributed by atoms with Crippen LogP contribution in [0.2, 0.25) is 0 Å². The predicted molar refractivity (Wildman–Crippen MR) is 39.6 cm³/mol. The molecule has 0 saturated heterocycles. The van der Waals surface area contributed by atoms with Gasteiger partial charge in [-0.25, -0.2) is 0 Å². The first-order chi connectivity index (χ1) is 4.66. The van der Waals surface area contributed by atoms with Crippen molar-refractivity contribution in [3.8, 4) is 0 Å². The van der Waals surface area contributed by atoms with Gasteiger partial charge >= 0.3 is 5.97 Å². The molecule has 0 aromatic rings. The van der Waals surface area contributed by atoms with Gasteiger partial charge in [-0.2, -0.15) is 0 Å². The van der Waals surface area contributed by atoms with Crippen LogP contribution in [0.4, 0.5) is 0 Å². The second kappa shape index (κ2) is 8.11. The normalized spacial score (nSPS) is 11.8. The Labute approximate surface area is 77.7 Å². The number of aliphatic carboxylic acids is 1. The zero-order valence-corrected chi connectivity index (χ0v) is 7.95. The average Bonchev–Trinajstić information content (AvgIpc) is 1.85. The smallest absolute Gasteiger partial charge is 0.309 e. The maximum Gasteiger partial charge on any atom is 0.309 e. The Morgan fingerprint density at radius 2 is 2.09 bits per heavy atom. The van der Waals surface area contributed by atoms with Gasteiger partial charge in [0, 0.05) is 0 Å². The van der Waals surface area contributed by atoms with Crippen LogP contribution in [-0.2, 0) is 4.79 Å². The largest absolute Gasteiger partial charge is 1.00 e. The Bertz CT molecular complexity index is 111. The molecule has 11 heavy (non-hydrogen) atoms. The molecule has 3 nitrogen and oxygen atoms in total. The van der Waals surface area contributed by atoms with Gasteiger partial charge in [0.05, 0.1) is 32.4 Å². The summed E-state index contributed by atoms with van der Waals surface area (Å²) in [6.07, 6.45) is 0.225. The quantitative estimate of drug-likeness (QED) is 0.449. The van der Waals surface area contributed by atoms with Crippen LogP contribution in [0.1, 0.15) is 6.42 Å². The minimum Gasteiger partial charge on any atom is -1.00 e. The summed E-state index contributed by atoms with van der Waals surface area (Å²) in [7, 11) is 1.94. The van der Waals surface area contributed by atoms with E-state index < -0.39 is 5.97 Å². The van der Waals surface area contributed by atoms with E-state index in [0.717, 1.165) is 11.4 Å². The number of quaternary nitrogens is 1. The fourth-order valence-electron chi connectivity index (χ4n) is 0.607. The van der Waals surface area contributed by atoms with Crippen LogP contribution < -0.4 is 17.3 Å². The number of nitrogens with one attached hydrogen (secondary N) is 1. The van der Waals surface area contributed by atoms with Gasteiger partial charge in [-0.1, -0.05) is 0 Å². The number of carbonyl (C=O) groups is 1. The first-order valence-corrected chi connectivity index (χ1v) is 3.79. The summed E-state index contributed by atoms with van der Waals surface area (Å²) >= 11 is 5.44. The molecule has 0 aromatic heterocycles. The molecular weight excluding hydrogens is 189 g/mol. The Balaban J connectivity index is 0. The van der Waals surface area contributed by atoms with Crippen LogP contribution in [0.25, 0.3) is 0 Å². The summed E-state index contributed by atoms with van der Waals surface area (Å²) in [6, 6.07) is 0. The Hall–Kier alpha value is 0.01000. The molecule has 0 heterocycles. The van der Waals surface area contributed by atoms with Crippen LogP contribution in [0, 0.1) is 0 Å². The van der Waals surface area contributed by atoms with E-state index in [2.05, 4.69) is 0 Å². The standard InChI is InChI=1S/C6H12ClNO2.ClH/c1-8(5-3-7)4-2-6(9)10;/h2-5H2,1H3,(H,9,10);1H. The summed E-state index contributed by atoms with van der Waals surface area (Å²) in [5.74, 6) is -0.153. The number of halogens is 2. The van der Waals surface area contributed by atoms with E-state index in [4.69, 9.17) is 16.7 Å². The van der Waals surface area contributed by atoms with E-state index in [9.17, 15) is 4.79 Å². The highest BCUT2D eigenvalue weighted by Gasteiger charge is 2.03. The maximum absolute atomic E-state index is 10.1. The number of hydrogen-bond acceptors (Lipinski definition) is 1. The highest BCUT2D eigenvalue weighted by Crippen LogP contribution is 1.71. The van der Waals surface area contributed by atoms with Crippen LogP contribution in [-0.4, -0.2) is 37.1 Å². The molecule has 0 aromatic carbocycles. The molecule has 0 bridgehead atoms. The van der Waals surface area contributed by atoms with Gasteiger partial charge in [-0.3, -0.25) is 4.79 Å². The van der Waals surface area contributed by atoms with Gasteiger partial charge < -0.3 is 22.4 Å². The number of carboxylic acid groups (broad SMARTS) is 1. The number of carboxylic acids is 1. The lowest BCUT2D eigenvalue weighted by Crippen LogP contribution is -3.09. The highest BCUT2D eigenvalue weighted by molar-refractivity contribution is 6.17. The third-order valence-electron chi connectivity index (χ3n) is 1.29. The van der Waals surface area contributed by atoms with Gasteiger partial charge in [-0.15, -0.1) is 11.6 Å². The maximum atomic E-state index is 10.1. The lowest BCUT2D eigenvalue weighted by atomic mass is 10.4. The average molecular weight is 202 g/mol. The number of hydrogen-bond donors (Lipinski definition) is 2. The van der Waals surface area contributed by atoms with Crippen molar-refractivity contribution in [2.45, 2.75) is 6.42 Å². The number of alkyl halides is 1. The minimum absolute atomic E-state index is 0. The van der Waals surface area contributed by atoms with Crippen molar-refractivity contribution in [3.05, 3.63) is 0 Å². The van der Waals surface area contributed by atoms with E-state index in [1.165, 1.54) is 0 Å². The topological polar surface area (TPSA) is 41.7 Å². The molecule has 0 amide bonds. The monoisotopic (exact) mass is 201 g/mol. The lowest BCUT2D eigenvalue weighted by molar-refractivity contribution is -0.876. The Kier molecular flexibility index (Phi) is 10.0.